The Morgan fingerprint density at radius 1 is 0.938 bits per heavy atom. The molecule has 32 heavy (non-hydrogen) atoms. The lowest BCUT2D eigenvalue weighted by atomic mass is 9.84. The standard InChI is InChI=1S/C25H29N3O4/c1-16(29)26-18-11-13-19(14-12-18)27-24(30)22-15-17-7-3-5-9-21(17)28(22)25(31)20-8-4-6-10-23(20)32-2/h4,6,8,10-14,17,21-22H,3,5,7,9,15H2,1-2H3,(H,26,29)(H,27,30)/t17-,21-,22-/m0/s1. The first kappa shape index (κ1) is 21.9. The van der Waals surface area contributed by atoms with Crippen molar-refractivity contribution in [2.45, 2.75) is 51.1 Å². The summed E-state index contributed by atoms with van der Waals surface area (Å²) in [7, 11) is 1.55. The molecule has 1 saturated heterocycles. The number of methoxy groups -OCH3 is 1. The Bertz CT molecular complexity index is 1000. The number of anilines is 2. The van der Waals surface area contributed by atoms with Crippen molar-refractivity contribution in [1.82, 2.24) is 4.90 Å². The summed E-state index contributed by atoms with van der Waals surface area (Å²) in [6, 6.07) is 13.7. The largest absolute Gasteiger partial charge is 0.496 e. The zero-order valence-corrected chi connectivity index (χ0v) is 18.5. The third-order valence-corrected chi connectivity index (χ3v) is 6.44. The SMILES string of the molecule is COc1ccccc1C(=O)N1[C@H](C(=O)Nc2ccc(NC(C)=O)cc2)C[C@@H]2CCCC[C@@H]21. The molecule has 0 spiro atoms. The molecule has 7 nitrogen and oxygen atoms in total. The van der Waals surface area contributed by atoms with E-state index in [-0.39, 0.29) is 23.8 Å². The molecule has 1 heterocycles. The highest BCUT2D eigenvalue weighted by Crippen LogP contribution is 2.41. The van der Waals surface area contributed by atoms with Crippen LogP contribution in [-0.4, -0.2) is 41.8 Å². The van der Waals surface area contributed by atoms with Crippen LogP contribution < -0.4 is 15.4 Å². The second kappa shape index (κ2) is 9.42. The van der Waals surface area contributed by atoms with Crippen molar-refractivity contribution in [1.29, 1.82) is 0 Å². The first-order valence-corrected chi connectivity index (χ1v) is 11.1. The van der Waals surface area contributed by atoms with Crippen molar-refractivity contribution in [2.24, 2.45) is 5.92 Å². The normalized spacial score (nSPS) is 22.1. The fourth-order valence-electron chi connectivity index (χ4n) is 5.01. The van der Waals surface area contributed by atoms with E-state index in [1.54, 1.807) is 48.4 Å². The van der Waals surface area contributed by atoms with Crippen LogP contribution in [0.4, 0.5) is 11.4 Å². The quantitative estimate of drug-likeness (QED) is 0.741. The van der Waals surface area contributed by atoms with E-state index in [2.05, 4.69) is 10.6 Å². The Balaban J connectivity index is 1.57. The Morgan fingerprint density at radius 2 is 1.59 bits per heavy atom. The summed E-state index contributed by atoms with van der Waals surface area (Å²) in [6.07, 6.45) is 4.82. The Labute approximate surface area is 188 Å². The number of carbonyl (C=O) groups excluding carboxylic acids is 3. The molecule has 0 aromatic heterocycles. The summed E-state index contributed by atoms with van der Waals surface area (Å²) in [4.78, 5) is 39.9. The zero-order valence-electron chi connectivity index (χ0n) is 18.5. The van der Waals surface area contributed by atoms with Crippen LogP contribution in [0.5, 0.6) is 5.75 Å². The predicted octanol–water partition coefficient (Wildman–Crippen LogP) is 4.07. The summed E-state index contributed by atoms with van der Waals surface area (Å²) < 4.78 is 5.41. The highest BCUT2D eigenvalue weighted by atomic mass is 16.5. The van der Waals surface area contributed by atoms with Crippen LogP contribution in [0.1, 0.15) is 49.4 Å². The second-order valence-corrected chi connectivity index (χ2v) is 8.52. The lowest BCUT2D eigenvalue weighted by Gasteiger charge is -2.34. The molecule has 1 aliphatic heterocycles. The van der Waals surface area contributed by atoms with Gasteiger partial charge in [-0.3, -0.25) is 14.4 Å². The maximum absolute atomic E-state index is 13.6. The fourth-order valence-corrected chi connectivity index (χ4v) is 5.01. The van der Waals surface area contributed by atoms with E-state index in [1.807, 2.05) is 12.1 Å². The van der Waals surface area contributed by atoms with E-state index in [1.165, 1.54) is 6.92 Å². The number of para-hydroxylation sites is 1. The maximum Gasteiger partial charge on any atom is 0.258 e. The van der Waals surface area contributed by atoms with E-state index in [0.717, 1.165) is 25.7 Å². The van der Waals surface area contributed by atoms with Gasteiger partial charge in [0.25, 0.3) is 5.91 Å². The van der Waals surface area contributed by atoms with Crippen molar-refractivity contribution < 1.29 is 19.1 Å². The third-order valence-electron chi connectivity index (χ3n) is 6.44. The first-order valence-electron chi connectivity index (χ1n) is 11.1. The zero-order chi connectivity index (χ0) is 22.7. The second-order valence-electron chi connectivity index (χ2n) is 8.52. The Hall–Kier alpha value is -3.35. The number of ether oxygens (including phenoxy) is 1. The predicted molar refractivity (Wildman–Crippen MR) is 123 cm³/mol. The minimum Gasteiger partial charge on any atom is -0.496 e. The van der Waals surface area contributed by atoms with E-state index in [9.17, 15) is 14.4 Å². The van der Waals surface area contributed by atoms with Crippen LogP contribution in [-0.2, 0) is 9.59 Å². The van der Waals surface area contributed by atoms with Crippen molar-refractivity contribution in [2.75, 3.05) is 17.7 Å². The number of hydrogen-bond acceptors (Lipinski definition) is 4. The number of likely N-dealkylation sites (tertiary alicyclic amines) is 1. The van der Waals surface area contributed by atoms with Gasteiger partial charge in [-0.15, -0.1) is 0 Å². The van der Waals surface area contributed by atoms with Crippen molar-refractivity contribution in [3.05, 3.63) is 54.1 Å². The molecule has 0 unspecified atom stereocenters. The number of nitrogens with one attached hydrogen (secondary N) is 2. The summed E-state index contributed by atoms with van der Waals surface area (Å²) in [5.74, 6) is 0.360. The Morgan fingerprint density at radius 3 is 2.28 bits per heavy atom. The lowest BCUT2D eigenvalue weighted by molar-refractivity contribution is -0.120. The van der Waals surface area contributed by atoms with Gasteiger partial charge in [-0.1, -0.05) is 25.0 Å². The van der Waals surface area contributed by atoms with Crippen LogP contribution in [0.2, 0.25) is 0 Å². The molecule has 2 aliphatic rings. The molecule has 2 fully saturated rings. The fraction of sp³-hybridized carbons (Fsp3) is 0.400. The highest BCUT2D eigenvalue weighted by molar-refractivity contribution is 6.03. The van der Waals surface area contributed by atoms with Gasteiger partial charge in [0.2, 0.25) is 11.8 Å². The summed E-state index contributed by atoms with van der Waals surface area (Å²) >= 11 is 0. The van der Waals surface area contributed by atoms with Crippen molar-refractivity contribution in [3.63, 3.8) is 0 Å². The molecule has 1 aliphatic carbocycles. The summed E-state index contributed by atoms with van der Waals surface area (Å²) in [5.41, 5.74) is 1.78. The maximum atomic E-state index is 13.6. The van der Waals surface area contributed by atoms with Gasteiger partial charge in [-0.25, -0.2) is 0 Å². The number of hydrogen-bond donors (Lipinski definition) is 2. The van der Waals surface area contributed by atoms with E-state index >= 15 is 0 Å². The van der Waals surface area contributed by atoms with E-state index in [0.29, 0.717) is 35.0 Å². The lowest BCUT2D eigenvalue weighted by Crippen LogP contribution is -2.47. The first-order chi connectivity index (χ1) is 15.5. The molecule has 3 atom stereocenters. The van der Waals surface area contributed by atoms with Crippen LogP contribution in [0.15, 0.2) is 48.5 Å². The molecular formula is C25H29N3O4. The number of carbonyl (C=O) groups is 3. The molecule has 2 aromatic rings. The molecule has 7 heteroatoms. The Kier molecular flexibility index (Phi) is 6.44. The molecule has 2 N–H and O–H groups in total. The number of rotatable bonds is 5. The topological polar surface area (TPSA) is 87.7 Å². The molecule has 168 valence electrons. The van der Waals surface area contributed by atoms with Crippen molar-refractivity contribution in [3.8, 4) is 5.75 Å². The van der Waals surface area contributed by atoms with Gasteiger partial charge in [0.1, 0.15) is 11.8 Å². The van der Waals surface area contributed by atoms with Gasteiger partial charge in [0.05, 0.1) is 12.7 Å². The highest BCUT2D eigenvalue weighted by Gasteiger charge is 2.47. The van der Waals surface area contributed by atoms with Gasteiger partial charge >= 0.3 is 0 Å². The number of nitrogens with zero attached hydrogens (tertiary/aromatic N) is 1. The van der Waals surface area contributed by atoms with Crippen LogP contribution >= 0.6 is 0 Å². The molecular weight excluding hydrogens is 406 g/mol. The number of fused-ring (bicyclic) bond motifs is 1. The van der Waals surface area contributed by atoms with Crippen LogP contribution in [0.3, 0.4) is 0 Å². The summed E-state index contributed by atoms with van der Waals surface area (Å²) in [5, 5.41) is 5.67. The average molecular weight is 436 g/mol. The van der Waals surface area contributed by atoms with Gasteiger partial charge in [0, 0.05) is 24.3 Å². The minimum absolute atomic E-state index is 0.0686. The van der Waals surface area contributed by atoms with E-state index < -0.39 is 6.04 Å². The monoisotopic (exact) mass is 435 g/mol. The van der Waals surface area contributed by atoms with Gasteiger partial charge < -0.3 is 20.3 Å². The minimum atomic E-state index is -0.532. The number of benzene rings is 2. The smallest absolute Gasteiger partial charge is 0.258 e. The molecule has 4 rings (SSSR count). The molecule has 0 radical (unpaired) electrons. The van der Waals surface area contributed by atoms with Crippen LogP contribution in [0.25, 0.3) is 0 Å². The molecule has 2 aromatic carbocycles. The molecule has 3 amide bonds. The van der Waals surface area contributed by atoms with Gasteiger partial charge in [-0.05, 0) is 61.6 Å². The third kappa shape index (κ3) is 4.47. The van der Waals surface area contributed by atoms with E-state index in [4.69, 9.17) is 4.74 Å². The molecule has 0 bridgehead atoms. The molecule has 1 saturated carbocycles. The number of amides is 3. The van der Waals surface area contributed by atoms with Gasteiger partial charge in [0.15, 0.2) is 0 Å². The average Bonchev–Trinajstić information content (AvgIpc) is 3.19. The van der Waals surface area contributed by atoms with Gasteiger partial charge in [-0.2, -0.15) is 0 Å². The van der Waals surface area contributed by atoms with Crippen molar-refractivity contribution >= 4 is 29.1 Å². The van der Waals surface area contributed by atoms with Crippen LogP contribution in [0, 0.1) is 5.92 Å². The summed E-state index contributed by atoms with van der Waals surface area (Å²) in [6.45, 7) is 1.45.